The van der Waals surface area contributed by atoms with Gasteiger partial charge in [-0.05, 0) is 22.9 Å². The summed E-state index contributed by atoms with van der Waals surface area (Å²) in [7, 11) is 3.07. The van der Waals surface area contributed by atoms with Gasteiger partial charge in [0, 0.05) is 11.8 Å². The molecule has 0 unspecified atom stereocenters. The molecule has 0 radical (unpaired) electrons. The lowest BCUT2D eigenvalue weighted by atomic mass is 10.2. The molecule has 1 N–H and O–H groups in total. The summed E-state index contributed by atoms with van der Waals surface area (Å²) >= 11 is 0. The van der Waals surface area contributed by atoms with Crippen LogP contribution in [0.4, 0.5) is 5.69 Å². The summed E-state index contributed by atoms with van der Waals surface area (Å²) in [5, 5.41) is 6.46. The topological polar surface area (TPSA) is 82.8 Å². The molecule has 0 atom stereocenters. The summed E-state index contributed by atoms with van der Waals surface area (Å²) in [6.07, 6.45) is 0. The van der Waals surface area contributed by atoms with Crippen LogP contribution in [0, 0.1) is 0 Å². The third kappa shape index (κ3) is 4.13. The Morgan fingerprint density at radius 2 is 1.81 bits per heavy atom. The van der Waals surface area contributed by atoms with Crippen LogP contribution in [-0.4, -0.2) is 25.3 Å². The highest BCUT2D eigenvalue weighted by Gasteiger charge is 2.15. The van der Waals surface area contributed by atoms with Crippen molar-refractivity contribution in [2.75, 3.05) is 19.5 Å². The van der Waals surface area contributed by atoms with E-state index in [9.17, 15) is 4.79 Å². The van der Waals surface area contributed by atoms with Gasteiger partial charge in [0.05, 0.1) is 20.3 Å². The second-order valence-electron chi connectivity index (χ2n) is 5.33. The summed E-state index contributed by atoms with van der Waals surface area (Å²) in [5.41, 5.74) is 1.53. The van der Waals surface area contributed by atoms with E-state index < -0.39 is 5.91 Å². The molecule has 0 aliphatic carbocycles. The Morgan fingerprint density at radius 1 is 1.04 bits per heavy atom. The minimum atomic E-state index is -0.445. The van der Waals surface area contributed by atoms with Gasteiger partial charge in [-0.3, -0.25) is 4.79 Å². The molecule has 0 bridgehead atoms. The van der Waals surface area contributed by atoms with E-state index in [0.29, 0.717) is 23.8 Å². The maximum absolute atomic E-state index is 12.3. The second kappa shape index (κ2) is 8.06. The number of hydrogen-bond donors (Lipinski definition) is 1. The Labute approximate surface area is 150 Å². The van der Waals surface area contributed by atoms with Crippen molar-refractivity contribution < 1.29 is 23.5 Å². The molecule has 2 aromatic carbocycles. The Hall–Kier alpha value is -3.48. The lowest BCUT2D eigenvalue weighted by molar-refractivity contribution is 0.0987. The zero-order valence-electron chi connectivity index (χ0n) is 14.4. The molecule has 3 rings (SSSR count). The fourth-order valence-electron chi connectivity index (χ4n) is 2.27. The molecule has 0 spiro atoms. The van der Waals surface area contributed by atoms with Crippen LogP contribution >= 0.6 is 0 Å². The van der Waals surface area contributed by atoms with E-state index in [1.165, 1.54) is 13.2 Å². The van der Waals surface area contributed by atoms with Crippen LogP contribution < -0.4 is 19.5 Å². The molecular formula is C19H18N2O5. The normalized spacial score (nSPS) is 10.2. The largest absolute Gasteiger partial charge is 0.493 e. The predicted octanol–water partition coefficient (Wildman–Crippen LogP) is 3.52. The van der Waals surface area contributed by atoms with Gasteiger partial charge in [0.25, 0.3) is 11.8 Å². The first-order valence-corrected chi connectivity index (χ1v) is 7.86. The number of benzene rings is 2. The van der Waals surface area contributed by atoms with Crippen LogP contribution in [0.3, 0.4) is 0 Å². The molecule has 7 heteroatoms. The number of aromatic nitrogens is 1. The van der Waals surface area contributed by atoms with E-state index in [1.54, 1.807) is 25.3 Å². The number of nitrogens with one attached hydrogen (secondary N) is 1. The van der Waals surface area contributed by atoms with Gasteiger partial charge in [0.15, 0.2) is 11.5 Å². The zero-order chi connectivity index (χ0) is 18.4. The summed E-state index contributed by atoms with van der Waals surface area (Å²) in [4.78, 5) is 12.3. The van der Waals surface area contributed by atoms with E-state index in [4.69, 9.17) is 18.7 Å². The highest BCUT2D eigenvalue weighted by Crippen LogP contribution is 2.30. The van der Waals surface area contributed by atoms with Crippen LogP contribution in [0.15, 0.2) is 59.1 Å². The van der Waals surface area contributed by atoms with Gasteiger partial charge in [-0.15, -0.1) is 0 Å². The number of amides is 1. The summed E-state index contributed by atoms with van der Waals surface area (Å²) in [6.45, 7) is 0.337. The fraction of sp³-hybridized carbons (Fsp3) is 0.158. The maximum atomic E-state index is 12.3. The molecule has 0 saturated heterocycles. The van der Waals surface area contributed by atoms with Gasteiger partial charge >= 0.3 is 0 Å². The van der Waals surface area contributed by atoms with Crippen LogP contribution in [0.2, 0.25) is 0 Å². The van der Waals surface area contributed by atoms with Crippen LogP contribution in [-0.2, 0) is 6.61 Å². The number of carbonyl (C=O) groups is 1. The summed E-state index contributed by atoms with van der Waals surface area (Å²) in [5.74, 6) is 0.921. The van der Waals surface area contributed by atoms with Crippen molar-refractivity contribution in [2.45, 2.75) is 6.61 Å². The number of carbonyl (C=O) groups excluding carboxylic acids is 1. The lowest BCUT2D eigenvalue weighted by Gasteiger charge is -2.09. The first-order chi connectivity index (χ1) is 12.7. The van der Waals surface area contributed by atoms with Crippen molar-refractivity contribution in [2.24, 2.45) is 0 Å². The van der Waals surface area contributed by atoms with Crippen molar-refractivity contribution in [1.29, 1.82) is 0 Å². The highest BCUT2D eigenvalue weighted by molar-refractivity contribution is 6.02. The molecule has 1 amide bonds. The zero-order valence-corrected chi connectivity index (χ0v) is 14.4. The Balaban J connectivity index is 1.63. The third-order valence-electron chi connectivity index (χ3n) is 3.58. The van der Waals surface area contributed by atoms with Gasteiger partial charge < -0.3 is 24.1 Å². The number of ether oxygens (including phenoxy) is 3. The van der Waals surface area contributed by atoms with E-state index in [2.05, 4.69) is 10.5 Å². The molecule has 0 aliphatic heterocycles. The molecule has 134 valence electrons. The molecular weight excluding hydrogens is 336 g/mol. The van der Waals surface area contributed by atoms with Gasteiger partial charge in [-0.2, -0.15) is 0 Å². The summed E-state index contributed by atoms with van der Waals surface area (Å²) in [6, 6.07) is 16.1. The molecule has 0 saturated carbocycles. The maximum Gasteiger partial charge on any atom is 0.294 e. The van der Waals surface area contributed by atoms with Crippen molar-refractivity contribution in [1.82, 2.24) is 5.16 Å². The quantitative estimate of drug-likeness (QED) is 0.699. The van der Waals surface area contributed by atoms with Gasteiger partial charge in [-0.1, -0.05) is 30.3 Å². The van der Waals surface area contributed by atoms with Crippen molar-refractivity contribution in [3.63, 3.8) is 0 Å². The van der Waals surface area contributed by atoms with Crippen LogP contribution in [0.5, 0.6) is 17.4 Å². The van der Waals surface area contributed by atoms with E-state index in [-0.39, 0.29) is 11.6 Å². The van der Waals surface area contributed by atoms with Crippen molar-refractivity contribution >= 4 is 11.6 Å². The van der Waals surface area contributed by atoms with E-state index in [0.717, 1.165) is 5.56 Å². The average Bonchev–Trinajstić information content (AvgIpc) is 3.16. The number of rotatable bonds is 7. The number of hydrogen-bond acceptors (Lipinski definition) is 6. The molecule has 26 heavy (non-hydrogen) atoms. The average molecular weight is 354 g/mol. The monoisotopic (exact) mass is 354 g/mol. The highest BCUT2D eigenvalue weighted by atomic mass is 16.5. The Morgan fingerprint density at radius 3 is 2.54 bits per heavy atom. The van der Waals surface area contributed by atoms with Crippen molar-refractivity contribution in [3.8, 4) is 17.4 Å². The lowest BCUT2D eigenvalue weighted by Crippen LogP contribution is -2.11. The standard InChI is InChI=1S/C19H18N2O5/c1-23-15-9-8-14(10-16(15)24-2)20-19(22)17-11-18(21-26-17)25-12-13-6-4-3-5-7-13/h3-11H,12H2,1-2H3,(H,20,22). The predicted molar refractivity (Wildman–Crippen MR) is 94.8 cm³/mol. The van der Waals surface area contributed by atoms with Gasteiger partial charge in [0.2, 0.25) is 5.76 Å². The van der Waals surface area contributed by atoms with Gasteiger partial charge in [0.1, 0.15) is 6.61 Å². The van der Waals surface area contributed by atoms with Crippen LogP contribution in [0.1, 0.15) is 16.1 Å². The van der Waals surface area contributed by atoms with E-state index >= 15 is 0 Å². The molecule has 0 aliphatic rings. The third-order valence-corrected chi connectivity index (χ3v) is 3.58. The molecule has 1 aromatic heterocycles. The number of nitrogens with zero attached hydrogens (tertiary/aromatic N) is 1. The Kier molecular flexibility index (Phi) is 5.38. The first-order valence-electron chi connectivity index (χ1n) is 7.86. The van der Waals surface area contributed by atoms with Gasteiger partial charge in [-0.25, -0.2) is 0 Å². The molecule has 1 heterocycles. The minimum Gasteiger partial charge on any atom is -0.493 e. The number of anilines is 1. The second-order valence-corrected chi connectivity index (χ2v) is 5.33. The molecule has 3 aromatic rings. The first kappa shape index (κ1) is 17.3. The van der Waals surface area contributed by atoms with Crippen LogP contribution in [0.25, 0.3) is 0 Å². The van der Waals surface area contributed by atoms with E-state index in [1.807, 2.05) is 30.3 Å². The SMILES string of the molecule is COc1ccc(NC(=O)c2cc(OCc3ccccc3)no2)cc1OC. The molecule has 0 fully saturated rings. The Bertz CT molecular complexity index is 877. The summed E-state index contributed by atoms with van der Waals surface area (Å²) < 4.78 is 20.9. The van der Waals surface area contributed by atoms with Crippen molar-refractivity contribution in [3.05, 3.63) is 65.9 Å². The molecule has 7 nitrogen and oxygen atoms in total. The fourth-order valence-corrected chi connectivity index (χ4v) is 2.27. The smallest absolute Gasteiger partial charge is 0.294 e. The minimum absolute atomic E-state index is 0.0443. The number of methoxy groups -OCH3 is 2.